The lowest BCUT2D eigenvalue weighted by Gasteiger charge is -2.10. The average Bonchev–Trinajstić information content (AvgIpc) is 3.07. The van der Waals surface area contributed by atoms with Crippen molar-refractivity contribution in [1.82, 2.24) is 9.78 Å². The highest BCUT2D eigenvalue weighted by atomic mass is 19.4. The van der Waals surface area contributed by atoms with Gasteiger partial charge in [-0.25, -0.2) is 4.68 Å². The zero-order valence-electron chi connectivity index (χ0n) is 13.8. The summed E-state index contributed by atoms with van der Waals surface area (Å²) >= 11 is 0. The number of hydrogen-bond acceptors (Lipinski definition) is 2. The van der Waals surface area contributed by atoms with Crippen molar-refractivity contribution < 1.29 is 31.1 Å². The van der Waals surface area contributed by atoms with Gasteiger partial charge in [-0.05, 0) is 42.5 Å². The predicted molar refractivity (Wildman–Crippen MR) is 87.5 cm³/mol. The first kappa shape index (κ1) is 19.5. The summed E-state index contributed by atoms with van der Waals surface area (Å²) in [6.07, 6.45) is -9.32. The molecule has 0 unspecified atom stereocenters. The van der Waals surface area contributed by atoms with Crippen molar-refractivity contribution in [2.24, 2.45) is 5.73 Å². The van der Waals surface area contributed by atoms with Crippen molar-refractivity contribution in [3.05, 3.63) is 71.4 Å². The van der Waals surface area contributed by atoms with E-state index in [-0.39, 0.29) is 22.5 Å². The number of halogens is 6. The molecule has 1 amide bonds. The number of aromatic nitrogens is 2. The lowest BCUT2D eigenvalue weighted by Crippen LogP contribution is -2.11. The van der Waals surface area contributed by atoms with Crippen molar-refractivity contribution in [2.45, 2.75) is 12.4 Å². The fraction of sp³-hybridized carbons (Fsp3) is 0.111. The van der Waals surface area contributed by atoms with E-state index < -0.39 is 29.5 Å². The van der Waals surface area contributed by atoms with Crippen LogP contribution in [0.5, 0.6) is 0 Å². The lowest BCUT2D eigenvalue weighted by atomic mass is 10.1. The molecule has 1 heterocycles. The highest BCUT2D eigenvalue weighted by Gasteiger charge is 2.35. The quantitative estimate of drug-likeness (QED) is 0.651. The van der Waals surface area contributed by atoms with Crippen LogP contribution in [-0.2, 0) is 12.4 Å². The molecule has 146 valence electrons. The lowest BCUT2D eigenvalue weighted by molar-refractivity contribution is -0.141. The Morgan fingerprint density at radius 1 is 0.857 bits per heavy atom. The van der Waals surface area contributed by atoms with E-state index in [1.165, 1.54) is 24.3 Å². The van der Waals surface area contributed by atoms with Crippen LogP contribution in [0, 0.1) is 0 Å². The molecule has 0 aliphatic carbocycles. The predicted octanol–water partition coefficient (Wildman–Crippen LogP) is 4.68. The Balaban J connectivity index is 2.12. The maximum atomic E-state index is 13.1. The highest BCUT2D eigenvalue weighted by Crippen LogP contribution is 2.35. The maximum Gasteiger partial charge on any atom is 0.435 e. The van der Waals surface area contributed by atoms with Crippen molar-refractivity contribution in [3.63, 3.8) is 0 Å². The van der Waals surface area contributed by atoms with E-state index in [1.54, 1.807) is 0 Å². The van der Waals surface area contributed by atoms with Crippen molar-refractivity contribution in [2.75, 3.05) is 0 Å². The summed E-state index contributed by atoms with van der Waals surface area (Å²) < 4.78 is 78.5. The second-order valence-corrected chi connectivity index (χ2v) is 5.81. The first-order chi connectivity index (χ1) is 13.0. The van der Waals surface area contributed by atoms with Crippen LogP contribution in [0.2, 0.25) is 0 Å². The molecule has 0 aliphatic heterocycles. The van der Waals surface area contributed by atoms with E-state index in [0.717, 1.165) is 35.0 Å². The van der Waals surface area contributed by atoms with Gasteiger partial charge in [0.2, 0.25) is 5.91 Å². The minimum Gasteiger partial charge on any atom is -0.366 e. The molecule has 0 radical (unpaired) electrons. The molecule has 28 heavy (non-hydrogen) atoms. The number of alkyl halides is 6. The van der Waals surface area contributed by atoms with Gasteiger partial charge in [-0.2, -0.15) is 31.4 Å². The topological polar surface area (TPSA) is 60.9 Å². The number of nitrogens with zero attached hydrogens (tertiary/aromatic N) is 2. The van der Waals surface area contributed by atoms with Crippen LogP contribution in [0.25, 0.3) is 16.9 Å². The number of carbonyl (C=O) groups is 1. The molecule has 10 heteroatoms. The summed E-state index contributed by atoms with van der Waals surface area (Å²) in [5.41, 5.74) is 3.36. The Hall–Kier alpha value is -3.30. The zero-order valence-corrected chi connectivity index (χ0v) is 13.8. The van der Waals surface area contributed by atoms with E-state index in [4.69, 9.17) is 5.73 Å². The molecule has 0 saturated heterocycles. The summed E-state index contributed by atoms with van der Waals surface area (Å²) in [7, 11) is 0. The van der Waals surface area contributed by atoms with Crippen molar-refractivity contribution in [3.8, 4) is 16.9 Å². The number of benzene rings is 2. The molecule has 2 aromatic carbocycles. The van der Waals surface area contributed by atoms with Crippen LogP contribution in [0.1, 0.15) is 21.6 Å². The standard InChI is InChI=1S/C18H11F6N3O/c19-17(20,21)12-5-1-10(2-6-12)14-9-15(18(22,23)24)26-27(14)13-7-3-11(4-8-13)16(25)28/h1-9H,(H2,25,28). The average molecular weight is 399 g/mol. The summed E-state index contributed by atoms with van der Waals surface area (Å²) in [4.78, 5) is 11.1. The molecule has 3 aromatic rings. The molecule has 0 saturated carbocycles. The van der Waals surface area contributed by atoms with Gasteiger partial charge in [0, 0.05) is 11.1 Å². The summed E-state index contributed by atoms with van der Waals surface area (Å²) in [6.45, 7) is 0. The molecule has 0 aliphatic rings. The molecule has 0 bridgehead atoms. The Morgan fingerprint density at radius 2 is 1.43 bits per heavy atom. The fourth-order valence-electron chi connectivity index (χ4n) is 2.52. The van der Waals surface area contributed by atoms with Crippen LogP contribution in [0.4, 0.5) is 26.3 Å². The monoisotopic (exact) mass is 399 g/mol. The third-order valence-corrected chi connectivity index (χ3v) is 3.90. The van der Waals surface area contributed by atoms with Crippen molar-refractivity contribution in [1.29, 1.82) is 0 Å². The second kappa shape index (κ2) is 6.70. The largest absolute Gasteiger partial charge is 0.435 e. The molecule has 2 N–H and O–H groups in total. The SMILES string of the molecule is NC(=O)c1ccc(-n2nc(C(F)(F)F)cc2-c2ccc(C(F)(F)F)cc2)cc1. The number of nitrogens with two attached hydrogens (primary N) is 1. The Kier molecular flexibility index (Phi) is 4.66. The summed E-state index contributed by atoms with van der Waals surface area (Å²) in [6, 6.07) is 9.70. The highest BCUT2D eigenvalue weighted by molar-refractivity contribution is 5.92. The summed E-state index contributed by atoms with van der Waals surface area (Å²) in [5, 5.41) is 3.53. The zero-order chi connectivity index (χ0) is 20.7. The van der Waals surface area contributed by atoms with Gasteiger partial charge in [-0.3, -0.25) is 4.79 Å². The van der Waals surface area contributed by atoms with Crippen LogP contribution >= 0.6 is 0 Å². The molecule has 0 atom stereocenters. The molecule has 1 aromatic heterocycles. The molecule has 4 nitrogen and oxygen atoms in total. The number of primary amides is 1. The van der Waals surface area contributed by atoms with Crippen LogP contribution in [0.15, 0.2) is 54.6 Å². The summed E-state index contributed by atoms with van der Waals surface area (Å²) in [5.74, 6) is -0.717. The Morgan fingerprint density at radius 3 is 1.89 bits per heavy atom. The minimum atomic E-state index is -4.75. The van der Waals surface area contributed by atoms with Crippen molar-refractivity contribution >= 4 is 5.91 Å². The fourth-order valence-corrected chi connectivity index (χ4v) is 2.52. The molecule has 3 rings (SSSR count). The normalized spacial score (nSPS) is 12.2. The minimum absolute atomic E-state index is 0.0622. The third kappa shape index (κ3) is 3.85. The molecular formula is C18H11F6N3O. The van der Waals surface area contributed by atoms with E-state index in [9.17, 15) is 31.1 Å². The van der Waals surface area contributed by atoms with E-state index in [0.29, 0.717) is 0 Å². The smallest absolute Gasteiger partial charge is 0.366 e. The second-order valence-electron chi connectivity index (χ2n) is 5.81. The van der Waals surface area contributed by atoms with Crippen LogP contribution in [0.3, 0.4) is 0 Å². The van der Waals surface area contributed by atoms with Crippen LogP contribution in [-0.4, -0.2) is 15.7 Å². The number of carbonyl (C=O) groups excluding carboxylic acids is 1. The van der Waals surface area contributed by atoms with Gasteiger partial charge in [-0.1, -0.05) is 12.1 Å². The van der Waals surface area contributed by atoms with E-state index >= 15 is 0 Å². The third-order valence-electron chi connectivity index (χ3n) is 3.90. The first-order valence-corrected chi connectivity index (χ1v) is 7.72. The van der Waals surface area contributed by atoms with Crippen LogP contribution < -0.4 is 5.73 Å². The van der Waals surface area contributed by atoms with E-state index in [2.05, 4.69) is 5.10 Å². The van der Waals surface area contributed by atoms with Gasteiger partial charge in [0.05, 0.1) is 16.9 Å². The molecule has 0 spiro atoms. The number of rotatable bonds is 3. The van der Waals surface area contributed by atoms with Gasteiger partial charge in [0.1, 0.15) is 0 Å². The number of amides is 1. The van der Waals surface area contributed by atoms with Gasteiger partial charge in [0.25, 0.3) is 0 Å². The molecule has 0 fully saturated rings. The Labute approximate surface area is 154 Å². The van der Waals surface area contributed by atoms with Gasteiger partial charge in [0.15, 0.2) is 5.69 Å². The first-order valence-electron chi connectivity index (χ1n) is 7.72. The van der Waals surface area contributed by atoms with E-state index in [1.807, 2.05) is 0 Å². The number of hydrogen-bond donors (Lipinski definition) is 1. The van der Waals surface area contributed by atoms with Gasteiger partial charge < -0.3 is 5.73 Å². The Bertz CT molecular complexity index is 1000. The maximum absolute atomic E-state index is 13.1. The van der Waals surface area contributed by atoms with Gasteiger partial charge >= 0.3 is 12.4 Å². The van der Waals surface area contributed by atoms with Gasteiger partial charge in [-0.15, -0.1) is 0 Å². The molecular weight excluding hydrogens is 388 g/mol.